The Morgan fingerprint density at radius 2 is 2.00 bits per heavy atom. The summed E-state index contributed by atoms with van der Waals surface area (Å²) in [5, 5.41) is 0. The summed E-state index contributed by atoms with van der Waals surface area (Å²) in [5.74, 6) is 1.12. The molecule has 0 radical (unpaired) electrons. The molecular weight excluding hydrogens is 340 g/mol. The third-order valence-corrected chi connectivity index (χ3v) is 6.09. The molecule has 2 aromatic heterocycles. The second-order valence-corrected chi connectivity index (χ2v) is 7.44. The van der Waals surface area contributed by atoms with Crippen molar-refractivity contribution < 1.29 is 9.21 Å². The fourth-order valence-corrected chi connectivity index (χ4v) is 4.55. The average Bonchev–Trinajstić information content (AvgIpc) is 3.39. The van der Waals surface area contributed by atoms with Crippen LogP contribution in [0.1, 0.15) is 34.6 Å². The number of imidazole rings is 1. The van der Waals surface area contributed by atoms with Crippen molar-refractivity contribution in [3.8, 4) is 5.69 Å². The number of rotatable bonds is 1. The van der Waals surface area contributed by atoms with Gasteiger partial charge in [-0.3, -0.25) is 9.69 Å². The van der Waals surface area contributed by atoms with Crippen LogP contribution < -0.4 is 0 Å². The maximum absolute atomic E-state index is 12.7. The molecule has 1 fully saturated rings. The molecule has 0 unspecified atom stereocenters. The van der Waals surface area contributed by atoms with E-state index in [0.29, 0.717) is 18.7 Å². The van der Waals surface area contributed by atoms with E-state index in [1.807, 2.05) is 11.1 Å². The van der Waals surface area contributed by atoms with Gasteiger partial charge in [-0.2, -0.15) is 0 Å². The molecule has 138 valence electrons. The van der Waals surface area contributed by atoms with Crippen molar-refractivity contribution in [3.05, 3.63) is 72.2 Å². The first-order valence-electron chi connectivity index (χ1n) is 9.34. The van der Waals surface area contributed by atoms with E-state index in [1.165, 1.54) is 17.5 Å². The minimum absolute atomic E-state index is 0.0431. The van der Waals surface area contributed by atoms with Crippen molar-refractivity contribution >= 4 is 5.91 Å². The number of furan rings is 1. The van der Waals surface area contributed by atoms with Crippen molar-refractivity contribution in [3.63, 3.8) is 0 Å². The number of carbonyl (C=O) groups is 1. The van der Waals surface area contributed by atoms with Crippen LogP contribution in [0.15, 0.2) is 59.7 Å². The summed E-state index contributed by atoms with van der Waals surface area (Å²) in [4.78, 5) is 21.8. The Kier molecular flexibility index (Phi) is 3.68. The van der Waals surface area contributed by atoms with Crippen molar-refractivity contribution in [2.75, 3.05) is 20.1 Å². The third-order valence-electron chi connectivity index (χ3n) is 6.09. The summed E-state index contributed by atoms with van der Waals surface area (Å²) in [6, 6.07) is 10.2. The number of nitrogens with zero attached hydrogens (tertiary/aromatic N) is 4. The Hall–Kier alpha value is -2.86. The summed E-state index contributed by atoms with van der Waals surface area (Å²) >= 11 is 0. The zero-order valence-corrected chi connectivity index (χ0v) is 15.3. The number of hydrogen-bond donors (Lipinski definition) is 0. The molecule has 27 heavy (non-hydrogen) atoms. The summed E-state index contributed by atoms with van der Waals surface area (Å²) in [7, 11) is 2.18. The lowest BCUT2D eigenvalue weighted by atomic mass is 9.84. The molecular formula is C21H22N4O2. The predicted octanol–water partition coefficient (Wildman–Crippen LogP) is 3.04. The number of carbonyl (C=O) groups excluding carboxylic acids is 1. The largest absolute Gasteiger partial charge is 0.472 e. The van der Waals surface area contributed by atoms with Crippen LogP contribution in [0, 0.1) is 0 Å². The number of aromatic nitrogens is 2. The minimum atomic E-state index is -0.171. The molecule has 2 aliphatic rings. The summed E-state index contributed by atoms with van der Waals surface area (Å²) in [6.07, 6.45) is 8.73. The monoisotopic (exact) mass is 362 g/mol. The van der Waals surface area contributed by atoms with Crippen molar-refractivity contribution in [1.29, 1.82) is 0 Å². The van der Waals surface area contributed by atoms with E-state index in [9.17, 15) is 4.79 Å². The molecule has 0 N–H and O–H groups in total. The number of para-hydroxylation sites is 1. The van der Waals surface area contributed by atoms with Crippen LogP contribution in [0.5, 0.6) is 0 Å². The lowest BCUT2D eigenvalue weighted by Gasteiger charge is -2.45. The molecule has 4 heterocycles. The highest BCUT2D eigenvalue weighted by Gasteiger charge is 2.45. The molecule has 0 aliphatic carbocycles. The molecule has 6 nitrogen and oxygen atoms in total. The molecule has 1 saturated heterocycles. The Balaban J connectivity index is 1.48. The fraction of sp³-hybridized carbons (Fsp3) is 0.333. The number of benzene rings is 1. The summed E-state index contributed by atoms with van der Waals surface area (Å²) in [6.45, 7) is 2.28. The van der Waals surface area contributed by atoms with Gasteiger partial charge in [0, 0.05) is 32.0 Å². The fourth-order valence-electron chi connectivity index (χ4n) is 4.55. The van der Waals surface area contributed by atoms with Gasteiger partial charge in [-0.1, -0.05) is 18.2 Å². The van der Waals surface area contributed by atoms with Crippen molar-refractivity contribution in [2.45, 2.75) is 24.9 Å². The lowest BCUT2D eigenvalue weighted by molar-refractivity contribution is 0.0230. The van der Waals surface area contributed by atoms with Crippen LogP contribution in [-0.4, -0.2) is 45.4 Å². The van der Waals surface area contributed by atoms with Gasteiger partial charge < -0.3 is 13.9 Å². The number of amides is 1. The van der Waals surface area contributed by atoms with E-state index in [2.05, 4.69) is 47.0 Å². The highest BCUT2D eigenvalue weighted by molar-refractivity contribution is 5.93. The molecule has 1 aromatic carbocycles. The molecule has 0 atom stereocenters. The number of fused-ring (bicyclic) bond motifs is 4. The predicted molar refractivity (Wildman–Crippen MR) is 101 cm³/mol. The smallest absolute Gasteiger partial charge is 0.257 e. The zero-order chi connectivity index (χ0) is 18.4. The second-order valence-electron chi connectivity index (χ2n) is 7.44. The minimum Gasteiger partial charge on any atom is -0.472 e. The van der Waals surface area contributed by atoms with E-state index in [-0.39, 0.29) is 11.4 Å². The van der Waals surface area contributed by atoms with Crippen LogP contribution in [0.25, 0.3) is 5.69 Å². The molecule has 2 aliphatic heterocycles. The van der Waals surface area contributed by atoms with E-state index >= 15 is 0 Å². The first-order chi connectivity index (χ1) is 13.2. The molecule has 0 bridgehead atoms. The van der Waals surface area contributed by atoms with Gasteiger partial charge in [0.05, 0.1) is 23.1 Å². The highest BCUT2D eigenvalue weighted by Crippen LogP contribution is 2.42. The second kappa shape index (κ2) is 6.09. The van der Waals surface area contributed by atoms with Gasteiger partial charge >= 0.3 is 0 Å². The van der Waals surface area contributed by atoms with Crippen LogP contribution in [0.4, 0.5) is 0 Å². The average molecular weight is 362 g/mol. The van der Waals surface area contributed by atoms with Gasteiger partial charge in [0.15, 0.2) is 0 Å². The van der Waals surface area contributed by atoms with Crippen LogP contribution in [-0.2, 0) is 12.1 Å². The first kappa shape index (κ1) is 16.3. The number of likely N-dealkylation sites (tertiary alicyclic amines) is 1. The van der Waals surface area contributed by atoms with Crippen LogP contribution in [0.3, 0.4) is 0 Å². The Bertz CT molecular complexity index is 968. The van der Waals surface area contributed by atoms with Gasteiger partial charge in [-0.15, -0.1) is 0 Å². The molecule has 1 amide bonds. The van der Waals surface area contributed by atoms with E-state index < -0.39 is 0 Å². The van der Waals surface area contributed by atoms with E-state index in [4.69, 9.17) is 9.40 Å². The Morgan fingerprint density at radius 1 is 1.19 bits per heavy atom. The summed E-state index contributed by atoms with van der Waals surface area (Å²) in [5.41, 5.74) is 2.95. The van der Waals surface area contributed by atoms with Gasteiger partial charge in [-0.25, -0.2) is 4.98 Å². The highest BCUT2D eigenvalue weighted by atomic mass is 16.3. The zero-order valence-electron chi connectivity index (χ0n) is 15.3. The molecule has 3 aromatic rings. The van der Waals surface area contributed by atoms with Gasteiger partial charge in [-0.05, 0) is 37.6 Å². The summed E-state index contributed by atoms with van der Waals surface area (Å²) < 4.78 is 7.30. The molecule has 0 saturated carbocycles. The lowest BCUT2D eigenvalue weighted by Crippen LogP contribution is -2.53. The molecule has 5 rings (SSSR count). The molecule has 1 spiro atoms. The SMILES string of the molecule is CN1Cc2ccccc2-n2ccnc2C12CCN(C(=O)c1ccoc1)CC2. The number of piperidine rings is 1. The van der Waals surface area contributed by atoms with Gasteiger partial charge in [0.1, 0.15) is 12.1 Å². The Morgan fingerprint density at radius 3 is 2.78 bits per heavy atom. The quantitative estimate of drug-likeness (QED) is 0.668. The normalized spacial score (nSPS) is 18.8. The maximum Gasteiger partial charge on any atom is 0.257 e. The first-order valence-corrected chi connectivity index (χ1v) is 9.34. The van der Waals surface area contributed by atoms with E-state index in [0.717, 1.165) is 25.2 Å². The topological polar surface area (TPSA) is 54.5 Å². The Labute approximate surface area is 158 Å². The van der Waals surface area contributed by atoms with E-state index in [1.54, 1.807) is 12.3 Å². The number of hydrogen-bond acceptors (Lipinski definition) is 4. The van der Waals surface area contributed by atoms with Crippen LogP contribution >= 0.6 is 0 Å². The van der Waals surface area contributed by atoms with Gasteiger partial charge in [0.2, 0.25) is 0 Å². The third kappa shape index (κ3) is 2.44. The maximum atomic E-state index is 12.7. The van der Waals surface area contributed by atoms with Gasteiger partial charge in [0.25, 0.3) is 5.91 Å². The van der Waals surface area contributed by atoms with Crippen LogP contribution in [0.2, 0.25) is 0 Å². The standard InChI is InChI=1S/C21H22N4O2/c1-23-14-16-4-2-3-5-18(16)25-12-9-22-20(25)21(23)7-10-24(11-8-21)19(26)17-6-13-27-15-17/h2-6,9,12-13,15H,7-8,10-11,14H2,1H3. The van der Waals surface area contributed by atoms with Crippen molar-refractivity contribution in [2.24, 2.45) is 0 Å². The molecule has 6 heteroatoms. The van der Waals surface area contributed by atoms with Crippen molar-refractivity contribution in [1.82, 2.24) is 19.4 Å².